The Morgan fingerprint density at radius 2 is 1.95 bits per heavy atom. The van der Waals surface area contributed by atoms with Crippen molar-refractivity contribution in [3.8, 4) is 0 Å². The predicted molar refractivity (Wildman–Crippen MR) is 83.0 cm³/mol. The summed E-state index contributed by atoms with van der Waals surface area (Å²) in [7, 11) is 0. The lowest BCUT2D eigenvalue weighted by molar-refractivity contribution is -0.143. The van der Waals surface area contributed by atoms with Crippen molar-refractivity contribution in [3.63, 3.8) is 0 Å². The molecule has 0 aromatic heterocycles. The van der Waals surface area contributed by atoms with Gasteiger partial charge in [-0.2, -0.15) is 0 Å². The maximum absolute atomic E-state index is 12.5. The van der Waals surface area contributed by atoms with E-state index in [9.17, 15) is 4.79 Å². The van der Waals surface area contributed by atoms with Gasteiger partial charge in [-0.1, -0.05) is 43.2 Å². The van der Waals surface area contributed by atoms with E-state index in [-0.39, 0.29) is 12.0 Å². The molecule has 0 radical (unpaired) electrons. The van der Waals surface area contributed by atoms with Crippen LogP contribution in [-0.2, 0) is 16.0 Å². The zero-order chi connectivity index (χ0) is 14.5. The molecule has 0 N–H and O–H groups in total. The van der Waals surface area contributed by atoms with Crippen LogP contribution in [0.2, 0.25) is 0 Å². The van der Waals surface area contributed by atoms with E-state index in [0.29, 0.717) is 12.5 Å². The first-order chi connectivity index (χ1) is 10.3. The van der Waals surface area contributed by atoms with Crippen LogP contribution in [0.5, 0.6) is 0 Å². The van der Waals surface area contributed by atoms with Gasteiger partial charge in [0.25, 0.3) is 0 Å². The summed E-state index contributed by atoms with van der Waals surface area (Å²) in [6, 6.07) is 10.5. The van der Waals surface area contributed by atoms with Gasteiger partial charge < -0.3 is 9.64 Å². The molecule has 3 nitrogen and oxygen atoms in total. The van der Waals surface area contributed by atoms with Gasteiger partial charge in [0.1, 0.15) is 0 Å². The fraction of sp³-hybridized carbons (Fsp3) is 0.611. The van der Waals surface area contributed by atoms with Crippen molar-refractivity contribution in [1.82, 2.24) is 4.90 Å². The van der Waals surface area contributed by atoms with Crippen LogP contribution in [0.15, 0.2) is 30.3 Å². The lowest BCUT2D eigenvalue weighted by Crippen LogP contribution is -2.47. The molecule has 1 aliphatic heterocycles. The molecule has 3 heteroatoms. The first-order valence-electron chi connectivity index (χ1n) is 8.27. The van der Waals surface area contributed by atoms with Crippen molar-refractivity contribution in [2.45, 2.75) is 44.6 Å². The van der Waals surface area contributed by atoms with E-state index in [1.54, 1.807) is 0 Å². The molecule has 2 fully saturated rings. The maximum atomic E-state index is 12.5. The van der Waals surface area contributed by atoms with Crippen molar-refractivity contribution in [2.75, 3.05) is 19.7 Å². The van der Waals surface area contributed by atoms with E-state index in [1.165, 1.54) is 18.4 Å². The Bertz CT molecular complexity index is 454. The average molecular weight is 287 g/mol. The first kappa shape index (κ1) is 14.6. The van der Waals surface area contributed by atoms with E-state index in [2.05, 4.69) is 29.2 Å². The van der Waals surface area contributed by atoms with Crippen molar-refractivity contribution in [3.05, 3.63) is 35.9 Å². The van der Waals surface area contributed by atoms with Crippen LogP contribution in [0.4, 0.5) is 0 Å². The molecule has 3 rings (SSSR count). The predicted octanol–water partition coefficient (Wildman–Crippen LogP) is 3.04. The SMILES string of the molecule is O=C(C1CCCC1)N1CCO[C@@H](CCc2ccccc2)C1. The highest BCUT2D eigenvalue weighted by Crippen LogP contribution is 2.27. The summed E-state index contributed by atoms with van der Waals surface area (Å²) in [5.41, 5.74) is 1.35. The Morgan fingerprint density at radius 3 is 2.71 bits per heavy atom. The van der Waals surface area contributed by atoms with Gasteiger partial charge >= 0.3 is 0 Å². The molecule has 21 heavy (non-hydrogen) atoms. The maximum Gasteiger partial charge on any atom is 0.225 e. The summed E-state index contributed by atoms with van der Waals surface area (Å²) in [6.07, 6.45) is 6.84. The molecule has 114 valence electrons. The molecule has 0 spiro atoms. The highest BCUT2D eigenvalue weighted by molar-refractivity contribution is 5.79. The monoisotopic (exact) mass is 287 g/mol. The Kier molecular flexibility index (Phi) is 4.91. The third-order valence-corrected chi connectivity index (χ3v) is 4.75. The van der Waals surface area contributed by atoms with Crippen LogP contribution in [0.3, 0.4) is 0 Å². The average Bonchev–Trinajstić information content (AvgIpc) is 3.08. The van der Waals surface area contributed by atoms with E-state index in [4.69, 9.17) is 4.74 Å². The van der Waals surface area contributed by atoms with Crippen LogP contribution in [0.25, 0.3) is 0 Å². The van der Waals surface area contributed by atoms with Gasteiger partial charge in [-0.15, -0.1) is 0 Å². The smallest absolute Gasteiger partial charge is 0.225 e. The fourth-order valence-corrected chi connectivity index (χ4v) is 3.50. The van der Waals surface area contributed by atoms with Crippen molar-refractivity contribution in [1.29, 1.82) is 0 Å². The molecular formula is C18H25NO2. The second-order valence-electron chi connectivity index (χ2n) is 6.28. The van der Waals surface area contributed by atoms with Gasteiger partial charge in [-0.3, -0.25) is 4.79 Å². The molecule has 0 bridgehead atoms. The van der Waals surface area contributed by atoms with Crippen LogP contribution < -0.4 is 0 Å². The second kappa shape index (κ2) is 7.08. The molecule has 1 saturated carbocycles. The molecule has 1 heterocycles. The largest absolute Gasteiger partial charge is 0.375 e. The fourth-order valence-electron chi connectivity index (χ4n) is 3.50. The van der Waals surface area contributed by atoms with Crippen molar-refractivity contribution < 1.29 is 9.53 Å². The first-order valence-corrected chi connectivity index (χ1v) is 8.27. The van der Waals surface area contributed by atoms with Gasteiger partial charge in [-0.25, -0.2) is 0 Å². The zero-order valence-corrected chi connectivity index (χ0v) is 12.7. The highest BCUT2D eigenvalue weighted by atomic mass is 16.5. The van der Waals surface area contributed by atoms with Crippen LogP contribution in [-0.4, -0.2) is 36.6 Å². The normalized spacial score (nSPS) is 23.4. The van der Waals surface area contributed by atoms with Crippen molar-refractivity contribution >= 4 is 5.91 Å². The number of hydrogen-bond donors (Lipinski definition) is 0. The number of carbonyl (C=O) groups is 1. The van der Waals surface area contributed by atoms with Gasteiger partial charge in [0.05, 0.1) is 12.7 Å². The molecule has 1 aromatic rings. The Hall–Kier alpha value is -1.35. The number of amides is 1. The number of aryl methyl sites for hydroxylation is 1. The third-order valence-electron chi connectivity index (χ3n) is 4.75. The van der Waals surface area contributed by atoms with E-state index < -0.39 is 0 Å². The molecule has 1 saturated heterocycles. The minimum absolute atomic E-state index is 0.198. The Labute approximate surface area is 127 Å². The zero-order valence-electron chi connectivity index (χ0n) is 12.7. The summed E-state index contributed by atoms with van der Waals surface area (Å²) >= 11 is 0. The standard InChI is InChI=1S/C18H25NO2/c20-18(16-8-4-5-9-16)19-12-13-21-17(14-19)11-10-15-6-2-1-3-7-15/h1-3,6-7,16-17H,4-5,8-14H2/t17-/m0/s1. The van der Waals surface area contributed by atoms with Gasteiger partial charge in [0, 0.05) is 19.0 Å². The minimum atomic E-state index is 0.198. The van der Waals surface area contributed by atoms with Crippen molar-refractivity contribution in [2.24, 2.45) is 5.92 Å². The molecule has 1 atom stereocenters. The summed E-state index contributed by atoms with van der Waals surface area (Å²) in [5.74, 6) is 0.665. The third kappa shape index (κ3) is 3.85. The van der Waals surface area contributed by atoms with Gasteiger partial charge in [0.2, 0.25) is 5.91 Å². The van der Waals surface area contributed by atoms with E-state index in [0.717, 1.165) is 38.8 Å². The topological polar surface area (TPSA) is 29.5 Å². The molecular weight excluding hydrogens is 262 g/mol. The molecule has 1 amide bonds. The molecule has 1 aromatic carbocycles. The summed E-state index contributed by atoms with van der Waals surface area (Å²) in [4.78, 5) is 14.5. The van der Waals surface area contributed by atoms with E-state index in [1.807, 2.05) is 6.07 Å². The lowest BCUT2D eigenvalue weighted by atomic mass is 10.0. The summed E-state index contributed by atoms with van der Waals surface area (Å²) < 4.78 is 5.85. The molecule has 1 aliphatic carbocycles. The van der Waals surface area contributed by atoms with Crippen LogP contribution in [0.1, 0.15) is 37.7 Å². The number of ether oxygens (including phenoxy) is 1. The minimum Gasteiger partial charge on any atom is -0.375 e. The van der Waals surface area contributed by atoms with E-state index >= 15 is 0 Å². The van der Waals surface area contributed by atoms with Crippen LogP contribution >= 0.6 is 0 Å². The van der Waals surface area contributed by atoms with Gasteiger partial charge in [0.15, 0.2) is 0 Å². The number of rotatable bonds is 4. The lowest BCUT2D eigenvalue weighted by Gasteiger charge is -2.34. The second-order valence-corrected chi connectivity index (χ2v) is 6.28. The Morgan fingerprint density at radius 1 is 1.19 bits per heavy atom. The number of benzene rings is 1. The van der Waals surface area contributed by atoms with Crippen LogP contribution in [0, 0.1) is 5.92 Å². The molecule has 0 unspecified atom stereocenters. The quantitative estimate of drug-likeness (QED) is 0.852. The van der Waals surface area contributed by atoms with Gasteiger partial charge in [-0.05, 0) is 31.2 Å². The number of nitrogens with zero attached hydrogens (tertiary/aromatic N) is 1. The number of morpholine rings is 1. The summed E-state index contributed by atoms with van der Waals surface area (Å²) in [6.45, 7) is 2.25. The Balaban J connectivity index is 1.49. The molecule has 2 aliphatic rings. The number of carbonyl (C=O) groups excluding carboxylic acids is 1. The number of hydrogen-bond acceptors (Lipinski definition) is 2. The highest BCUT2D eigenvalue weighted by Gasteiger charge is 2.30. The summed E-state index contributed by atoms with van der Waals surface area (Å²) in [5, 5.41) is 0.